The van der Waals surface area contributed by atoms with Gasteiger partial charge in [0, 0.05) is 28.7 Å². The van der Waals surface area contributed by atoms with Crippen LogP contribution < -0.4 is 5.32 Å². The van der Waals surface area contributed by atoms with Crippen LogP contribution in [0.2, 0.25) is 0 Å². The van der Waals surface area contributed by atoms with Crippen molar-refractivity contribution >= 4 is 45.4 Å². The number of ether oxygens (including phenoxy) is 1. The van der Waals surface area contributed by atoms with Gasteiger partial charge in [0.15, 0.2) is 5.17 Å². The predicted octanol–water partition coefficient (Wildman–Crippen LogP) is 2.17. The maximum Gasteiger partial charge on any atom is 0.331 e. The molecule has 1 aliphatic heterocycles. The number of amides is 1. The minimum atomic E-state index is -0.590. The van der Waals surface area contributed by atoms with Gasteiger partial charge in [-0.25, -0.2) is 4.79 Å². The molecule has 8 heteroatoms. The number of rotatable bonds is 3. The number of aromatic nitrogens is 1. The van der Waals surface area contributed by atoms with E-state index in [1.165, 1.54) is 7.11 Å². The van der Waals surface area contributed by atoms with E-state index in [-0.39, 0.29) is 4.91 Å². The molecule has 3 rings (SSSR count). The molecule has 1 aromatic carbocycles. The number of nitrogens with zero attached hydrogens (tertiary/aromatic N) is 2. The van der Waals surface area contributed by atoms with E-state index in [9.17, 15) is 9.59 Å². The average molecular weight is 342 g/mol. The predicted molar refractivity (Wildman–Crippen MR) is 93.8 cm³/mol. The lowest BCUT2D eigenvalue weighted by molar-refractivity contribution is -0.135. The summed E-state index contributed by atoms with van der Waals surface area (Å²) < 4.78 is 4.50. The summed E-state index contributed by atoms with van der Waals surface area (Å²) in [6.07, 6.45) is 2.99. The highest BCUT2D eigenvalue weighted by molar-refractivity contribution is 8.18. The number of thioether (sulfide) groups is 1. The molecule has 0 unspecified atom stereocenters. The van der Waals surface area contributed by atoms with Gasteiger partial charge in [-0.3, -0.25) is 10.1 Å². The van der Waals surface area contributed by atoms with Gasteiger partial charge in [0.1, 0.15) is 0 Å². The van der Waals surface area contributed by atoms with Gasteiger partial charge in [0.05, 0.1) is 17.7 Å². The molecule has 24 heavy (non-hydrogen) atoms. The zero-order chi connectivity index (χ0) is 17.1. The summed E-state index contributed by atoms with van der Waals surface area (Å²) >= 11 is 1.04. The van der Waals surface area contributed by atoms with Gasteiger partial charge in [-0.05, 0) is 24.8 Å². The van der Waals surface area contributed by atoms with E-state index in [0.29, 0.717) is 10.9 Å². The highest BCUT2D eigenvalue weighted by Crippen LogP contribution is 2.24. The zero-order valence-electron chi connectivity index (χ0n) is 13.0. The summed E-state index contributed by atoms with van der Waals surface area (Å²) in [5.74, 6) is -0.989. The Morgan fingerprint density at radius 1 is 1.33 bits per heavy atom. The highest BCUT2D eigenvalue weighted by atomic mass is 32.2. The van der Waals surface area contributed by atoms with Crippen LogP contribution >= 0.6 is 11.8 Å². The zero-order valence-corrected chi connectivity index (χ0v) is 13.8. The lowest BCUT2D eigenvalue weighted by atomic mass is 10.1. The fourth-order valence-electron chi connectivity index (χ4n) is 2.19. The van der Waals surface area contributed by atoms with Crippen molar-refractivity contribution in [2.45, 2.75) is 6.92 Å². The quantitative estimate of drug-likeness (QED) is 0.387. The SMILES string of the molecule is COC(=O)/C=C1\S/C(=N/N=C(\C)c2c[nH]c3ccccc23)NC1=O. The van der Waals surface area contributed by atoms with E-state index in [2.05, 4.69) is 25.2 Å². The Morgan fingerprint density at radius 2 is 2.12 bits per heavy atom. The van der Waals surface area contributed by atoms with Crippen LogP contribution in [0.15, 0.2) is 51.6 Å². The molecular weight excluding hydrogens is 328 g/mol. The highest BCUT2D eigenvalue weighted by Gasteiger charge is 2.25. The minimum absolute atomic E-state index is 0.223. The molecule has 0 bridgehead atoms. The van der Waals surface area contributed by atoms with E-state index in [0.717, 1.165) is 34.3 Å². The average Bonchev–Trinajstić information content (AvgIpc) is 3.16. The van der Waals surface area contributed by atoms with Crippen molar-refractivity contribution in [3.63, 3.8) is 0 Å². The van der Waals surface area contributed by atoms with Crippen LogP contribution in [0.4, 0.5) is 0 Å². The number of fused-ring (bicyclic) bond motifs is 1. The monoisotopic (exact) mass is 342 g/mol. The number of nitrogens with one attached hydrogen (secondary N) is 2. The number of methoxy groups -OCH3 is 1. The van der Waals surface area contributed by atoms with Gasteiger partial charge in [-0.1, -0.05) is 18.2 Å². The first-order chi connectivity index (χ1) is 11.6. The van der Waals surface area contributed by atoms with Crippen molar-refractivity contribution in [2.24, 2.45) is 10.2 Å². The lowest BCUT2D eigenvalue weighted by Crippen LogP contribution is -2.19. The van der Waals surface area contributed by atoms with E-state index >= 15 is 0 Å². The molecule has 122 valence electrons. The van der Waals surface area contributed by atoms with Crippen molar-refractivity contribution in [3.05, 3.63) is 47.0 Å². The number of aromatic amines is 1. The van der Waals surface area contributed by atoms with Crippen LogP contribution in [-0.2, 0) is 14.3 Å². The summed E-state index contributed by atoms with van der Waals surface area (Å²) in [6, 6.07) is 7.89. The van der Waals surface area contributed by atoms with Crippen molar-refractivity contribution in [1.29, 1.82) is 0 Å². The second-order valence-corrected chi connectivity index (χ2v) is 5.96. The van der Waals surface area contributed by atoms with E-state index < -0.39 is 11.9 Å². The minimum Gasteiger partial charge on any atom is -0.466 e. The fraction of sp³-hybridized carbons (Fsp3) is 0.125. The van der Waals surface area contributed by atoms with E-state index in [1.807, 2.05) is 37.4 Å². The van der Waals surface area contributed by atoms with Crippen LogP contribution in [0.1, 0.15) is 12.5 Å². The number of H-pyrrole nitrogens is 1. The molecule has 1 aliphatic rings. The Labute approximate surface area is 141 Å². The maximum atomic E-state index is 11.7. The van der Waals surface area contributed by atoms with E-state index in [4.69, 9.17) is 0 Å². The molecule has 0 spiro atoms. The number of esters is 1. The number of benzene rings is 1. The van der Waals surface area contributed by atoms with Crippen LogP contribution in [-0.4, -0.2) is 34.8 Å². The van der Waals surface area contributed by atoms with Crippen molar-refractivity contribution < 1.29 is 14.3 Å². The number of para-hydroxylation sites is 1. The molecule has 2 aromatic rings. The number of hydrogen-bond donors (Lipinski definition) is 2. The topological polar surface area (TPSA) is 95.9 Å². The van der Waals surface area contributed by atoms with Gasteiger partial charge in [-0.2, -0.15) is 5.10 Å². The molecule has 1 amide bonds. The molecule has 2 N–H and O–H groups in total. The standard InChI is InChI=1S/C16H14N4O3S/c1-9(11-8-17-12-6-4-3-5-10(11)12)19-20-16-18-15(22)13(24-16)7-14(21)23-2/h3-8,17H,1-2H3,(H,18,20,22)/b13-7-,19-9+. The molecule has 1 aromatic heterocycles. The molecule has 0 radical (unpaired) electrons. The lowest BCUT2D eigenvalue weighted by Gasteiger charge is -1.96. The third-order valence-corrected chi connectivity index (χ3v) is 4.27. The largest absolute Gasteiger partial charge is 0.466 e. The summed E-state index contributed by atoms with van der Waals surface area (Å²) in [4.78, 5) is 26.3. The van der Waals surface area contributed by atoms with Crippen molar-refractivity contribution in [2.75, 3.05) is 7.11 Å². The van der Waals surface area contributed by atoms with Gasteiger partial charge < -0.3 is 9.72 Å². The third-order valence-electron chi connectivity index (χ3n) is 3.37. The number of carbonyl (C=O) groups excluding carboxylic acids is 2. The van der Waals surface area contributed by atoms with E-state index in [1.54, 1.807) is 0 Å². The Hall–Kier alpha value is -2.87. The number of hydrogen-bond acceptors (Lipinski definition) is 6. The molecule has 1 fully saturated rings. The maximum absolute atomic E-state index is 11.7. The van der Waals surface area contributed by atoms with Crippen LogP contribution in [0.5, 0.6) is 0 Å². The first-order valence-electron chi connectivity index (χ1n) is 7.06. The molecule has 7 nitrogen and oxygen atoms in total. The Bertz CT molecular complexity index is 911. The summed E-state index contributed by atoms with van der Waals surface area (Å²) in [5.41, 5.74) is 2.66. The number of carbonyl (C=O) groups is 2. The summed E-state index contributed by atoms with van der Waals surface area (Å²) in [5, 5.41) is 12.1. The fourth-order valence-corrected chi connectivity index (χ4v) is 2.92. The van der Waals surface area contributed by atoms with Gasteiger partial charge in [-0.15, -0.1) is 5.10 Å². The van der Waals surface area contributed by atoms with Crippen LogP contribution in [0, 0.1) is 0 Å². The van der Waals surface area contributed by atoms with Crippen LogP contribution in [0.25, 0.3) is 10.9 Å². The molecule has 0 atom stereocenters. The first kappa shape index (κ1) is 16.0. The molecular formula is C16H14N4O3S. The van der Waals surface area contributed by atoms with Crippen molar-refractivity contribution in [3.8, 4) is 0 Å². The molecule has 2 heterocycles. The Kier molecular flexibility index (Phi) is 4.48. The normalized spacial score (nSPS) is 18.4. The van der Waals surface area contributed by atoms with Crippen LogP contribution in [0.3, 0.4) is 0 Å². The molecule has 0 saturated carbocycles. The van der Waals surface area contributed by atoms with Gasteiger partial charge >= 0.3 is 5.97 Å². The second kappa shape index (κ2) is 6.71. The Morgan fingerprint density at radius 3 is 2.92 bits per heavy atom. The first-order valence-corrected chi connectivity index (χ1v) is 7.87. The van der Waals surface area contributed by atoms with Gasteiger partial charge in [0.2, 0.25) is 0 Å². The van der Waals surface area contributed by atoms with Crippen molar-refractivity contribution in [1.82, 2.24) is 10.3 Å². The molecule has 0 aliphatic carbocycles. The smallest absolute Gasteiger partial charge is 0.331 e. The molecule has 1 saturated heterocycles. The third kappa shape index (κ3) is 3.23. The summed E-state index contributed by atoms with van der Waals surface area (Å²) in [7, 11) is 1.25. The van der Waals surface area contributed by atoms with Gasteiger partial charge in [0.25, 0.3) is 5.91 Å². The summed E-state index contributed by atoms with van der Waals surface area (Å²) in [6.45, 7) is 1.84. The number of amidine groups is 1. The second-order valence-electron chi connectivity index (χ2n) is 4.93. The Balaban J connectivity index is 1.82.